The van der Waals surface area contributed by atoms with Gasteiger partial charge in [-0.2, -0.15) is 5.10 Å². The highest BCUT2D eigenvalue weighted by Crippen LogP contribution is 2.27. The molecule has 0 unspecified atom stereocenters. The van der Waals surface area contributed by atoms with Crippen LogP contribution in [-0.2, 0) is 15.6 Å². The van der Waals surface area contributed by atoms with Crippen molar-refractivity contribution in [2.45, 2.75) is 64.4 Å². The molecular weight excluding hydrogens is 392 g/mol. The quantitative estimate of drug-likeness (QED) is 0.770. The van der Waals surface area contributed by atoms with Crippen LogP contribution in [0.25, 0.3) is 0 Å². The van der Waals surface area contributed by atoms with Gasteiger partial charge in [-0.1, -0.05) is 0 Å². The highest BCUT2D eigenvalue weighted by molar-refractivity contribution is 7.89. The summed E-state index contributed by atoms with van der Waals surface area (Å²) in [4.78, 5) is 12.8. The standard InChI is InChI=1S/C20H30N4O4S/c1-13-11-17(24(22-13)20(5,6)7)21-18(25)14-9-10-15(28-8)16(12-14)29(26,27)23-19(2,3)4/h9-12,23H,1-8H3,(H,21,25). The number of rotatable bonds is 5. The van der Waals surface area contributed by atoms with Crippen molar-refractivity contribution in [1.29, 1.82) is 0 Å². The van der Waals surface area contributed by atoms with Crippen molar-refractivity contribution in [3.8, 4) is 5.75 Å². The third kappa shape index (κ3) is 5.57. The van der Waals surface area contributed by atoms with E-state index >= 15 is 0 Å². The summed E-state index contributed by atoms with van der Waals surface area (Å²) >= 11 is 0. The van der Waals surface area contributed by atoms with Gasteiger partial charge in [-0.25, -0.2) is 17.8 Å². The number of nitrogens with zero attached hydrogens (tertiary/aromatic N) is 2. The van der Waals surface area contributed by atoms with Crippen LogP contribution in [0.1, 0.15) is 57.6 Å². The molecule has 2 rings (SSSR count). The Bertz CT molecular complexity index is 1010. The zero-order valence-electron chi connectivity index (χ0n) is 18.2. The Hall–Kier alpha value is -2.39. The third-order valence-corrected chi connectivity index (χ3v) is 5.64. The fraction of sp³-hybridized carbons (Fsp3) is 0.500. The summed E-state index contributed by atoms with van der Waals surface area (Å²) in [6.45, 7) is 13.0. The van der Waals surface area contributed by atoms with Crippen LogP contribution >= 0.6 is 0 Å². The number of nitrogens with one attached hydrogen (secondary N) is 2. The van der Waals surface area contributed by atoms with Crippen LogP contribution in [0.4, 0.5) is 5.82 Å². The van der Waals surface area contributed by atoms with E-state index in [0.717, 1.165) is 5.69 Å². The summed E-state index contributed by atoms with van der Waals surface area (Å²) in [5.74, 6) is 0.257. The van der Waals surface area contributed by atoms with Gasteiger partial charge in [-0.3, -0.25) is 4.79 Å². The molecule has 0 aliphatic rings. The summed E-state index contributed by atoms with van der Waals surface area (Å²) in [6.07, 6.45) is 0. The van der Waals surface area contributed by atoms with Crippen LogP contribution < -0.4 is 14.8 Å². The molecule has 0 aliphatic heterocycles. The summed E-state index contributed by atoms with van der Waals surface area (Å²) in [6, 6.07) is 6.08. The molecule has 0 aliphatic carbocycles. The van der Waals surface area contributed by atoms with E-state index in [1.54, 1.807) is 31.5 Å². The van der Waals surface area contributed by atoms with Crippen LogP contribution in [0.3, 0.4) is 0 Å². The number of hydrogen-bond acceptors (Lipinski definition) is 5. The molecule has 0 atom stereocenters. The predicted molar refractivity (Wildman–Crippen MR) is 113 cm³/mol. The van der Waals surface area contributed by atoms with Gasteiger partial charge in [0.25, 0.3) is 5.91 Å². The molecule has 2 N–H and O–H groups in total. The number of anilines is 1. The molecule has 0 fully saturated rings. The first kappa shape index (κ1) is 22.9. The van der Waals surface area contributed by atoms with Crippen molar-refractivity contribution in [1.82, 2.24) is 14.5 Å². The van der Waals surface area contributed by atoms with Crippen molar-refractivity contribution < 1.29 is 17.9 Å². The second kappa shape index (κ2) is 7.79. The number of aromatic nitrogens is 2. The lowest BCUT2D eigenvalue weighted by molar-refractivity contribution is 0.102. The number of carbonyl (C=O) groups excluding carboxylic acids is 1. The van der Waals surface area contributed by atoms with Crippen molar-refractivity contribution in [3.05, 3.63) is 35.5 Å². The van der Waals surface area contributed by atoms with Crippen LogP contribution in [0.15, 0.2) is 29.2 Å². The number of amides is 1. The molecule has 1 aromatic heterocycles. The smallest absolute Gasteiger partial charge is 0.256 e. The molecule has 0 saturated carbocycles. The summed E-state index contributed by atoms with van der Waals surface area (Å²) < 4.78 is 35.1. The van der Waals surface area contributed by atoms with Gasteiger partial charge < -0.3 is 10.1 Å². The lowest BCUT2D eigenvalue weighted by atomic mass is 10.1. The van der Waals surface area contributed by atoms with E-state index in [1.165, 1.54) is 25.3 Å². The first-order chi connectivity index (χ1) is 13.1. The normalized spacial score (nSPS) is 12.7. The van der Waals surface area contributed by atoms with Gasteiger partial charge in [0.1, 0.15) is 16.5 Å². The minimum Gasteiger partial charge on any atom is -0.495 e. The third-order valence-electron chi connectivity index (χ3n) is 3.86. The Morgan fingerprint density at radius 1 is 1.10 bits per heavy atom. The van der Waals surface area contributed by atoms with E-state index in [2.05, 4.69) is 15.1 Å². The lowest BCUT2D eigenvalue weighted by Crippen LogP contribution is -2.40. The van der Waals surface area contributed by atoms with Gasteiger partial charge in [0.2, 0.25) is 10.0 Å². The molecule has 1 amide bonds. The number of aryl methyl sites for hydroxylation is 1. The van der Waals surface area contributed by atoms with Crippen molar-refractivity contribution in [3.63, 3.8) is 0 Å². The van der Waals surface area contributed by atoms with Gasteiger partial charge in [0.15, 0.2) is 0 Å². The van der Waals surface area contributed by atoms with E-state index in [-0.39, 0.29) is 21.7 Å². The number of methoxy groups -OCH3 is 1. The molecule has 29 heavy (non-hydrogen) atoms. The number of benzene rings is 1. The van der Waals surface area contributed by atoms with E-state index in [4.69, 9.17) is 4.74 Å². The van der Waals surface area contributed by atoms with Gasteiger partial charge in [0.05, 0.1) is 18.3 Å². The average molecular weight is 423 g/mol. The van der Waals surface area contributed by atoms with Crippen LogP contribution in [0, 0.1) is 6.92 Å². The van der Waals surface area contributed by atoms with E-state index in [1.807, 2.05) is 27.7 Å². The maximum Gasteiger partial charge on any atom is 0.256 e. The Morgan fingerprint density at radius 3 is 2.24 bits per heavy atom. The van der Waals surface area contributed by atoms with Gasteiger partial charge in [-0.05, 0) is 66.7 Å². The summed E-state index contributed by atoms with van der Waals surface area (Å²) in [7, 11) is -2.50. The highest BCUT2D eigenvalue weighted by Gasteiger charge is 2.27. The van der Waals surface area contributed by atoms with Crippen LogP contribution in [0.2, 0.25) is 0 Å². The van der Waals surface area contributed by atoms with Crippen molar-refractivity contribution >= 4 is 21.7 Å². The van der Waals surface area contributed by atoms with Crippen molar-refractivity contribution in [2.75, 3.05) is 12.4 Å². The molecule has 1 heterocycles. The Balaban J connectivity index is 2.43. The van der Waals surface area contributed by atoms with E-state index in [9.17, 15) is 13.2 Å². The molecule has 0 spiro atoms. The second-order valence-corrected chi connectivity index (χ2v) is 10.6. The Labute approximate surface area is 172 Å². The zero-order chi connectivity index (χ0) is 22.2. The fourth-order valence-corrected chi connectivity index (χ4v) is 4.39. The summed E-state index contributed by atoms with van der Waals surface area (Å²) in [5, 5.41) is 7.25. The van der Waals surface area contributed by atoms with Crippen LogP contribution in [0.5, 0.6) is 5.75 Å². The fourth-order valence-electron chi connectivity index (χ4n) is 2.77. The monoisotopic (exact) mass is 422 g/mol. The molecule has 1 aromatic carbocycles. The molecule has 8 nitrogen and oxygen atoms in total. The Kier molecular flexibility index (Phi) is 6.15. The first-order valence-electron chi connectivity index (χ1n) is 9.24. The number of hydrogen-bond donors (Lipinski definition) is 2. The molecule has 160 valence electrons. The zero-order valence-corrected chi connectivity index (χ0v) is 19.1. The highest BCUT2D eigenvalue weighted by atomic mass is 32.2. The molecule has 2 aromatic rings. The SMILES string of the molecule is COc1ccc(C(=O)Nc2cc(C)nn2C(C)(C)C)cc1S(=O)(=O)NC(C)(C)C. The molecular formula is C20H30N4O4S. The maximum atomic E-state index is 12.9. The topological polar surface area (TPSA) is 102 Å². The minimum absolute atomic E-state index is 0.0944. The molecule has 9 heteroatoms. The largest absolute Gasteiger partial charge is 0.495 e. The molecule has 0 saturated heterocycles. The Morgan fingerprint density at radius 2 is 1.72 bits per heavy atom. The van der Waals surface area contributed by atoms with Gasteiger partial charge in [0, 0.05) is 17.2 Å². The maximum absolute atomic E-state index is 12.9. The van der Waals surface area contributed by atoms with Crippen LogP contribution in [-0.4, -0.2) is 36.8 Å². The first-order valence-corrected chi connectivity index (χ1v) is 10.7. The number of ether oxygens (including phenoxy) is 1. The molecule has 0 bridgehead atoms. The predicted octanol–water partition coefficient (Wildman–Crippen LogP) is 3.28. The number of sulfonamides is 1. The van der Waals surface area contributed by atoms with E-state index in [0.29, 0.717) is 5.82 Å². The molecule has 0 radical (unpaired) electrons. The number of carbonyl (C=O) groups is 1. The van der Waals surface area contributed by atoms with Gasteiger partial charge in [-0.15, -0.1) is 0 Å². The summed E-state index contributed by atoms with van der Waals surface area (Å²) in [5.41, 5.74) is -0.0530. The average Bonchev–Trinajstić information content (AvgIpc) is 2.92. The van der Waals surface area contributed by atoms with Gasteiger partial charge >= 0.3 is 0 Å². The minimum atomic E-state index is -3.89. The van der Waals surface area contributed by atoms with E-state index < -0.39 is 21.5 Å². The second-order valence-electron chi connectivity index (χ2n) is 8.93. The van der Waals surface area contributed by atoms with Crippen molar-refractivity contribution in [2.24, 2.45) is 0 Å². The lowest BCUT2D eigenvalue weighted by Gasteiger charge is -2.23.